The summed E-state index contributed by atoms with van der Waals surface area (Å²) in [6, 6.07) is 8.73. The van der Waals surface area contributed by atoms with Gasteiger partial charge in [-0.1, -0.05) is 34.8 Å². The Morgan fingerprint density at radius 3 is 2.45 bits per heavy atom. The summed E-state index contributed by atoms with van der Waals surface area (Å²) < 4.78 is 6.55. The lowest BCUT2D eigenvalue weighted by Crippen LogP contribution is -2.04. The lowest BCUT2D eigenvalue weighted by atomic mass is 10.1. The van der Waals surface area contributed by atoms with Crippen molar-refractivity contribution < 1.29 is 4.74 Å². The molecule has 2 N–H and O–H groups in total. The first-order valence-electron chi connectivity index (χ1n) is 5.82. The molecule has 6 heteroatoms. The fraction of sp³-hybridized carbons (Fsp3) is 0.143. The minimum absolute atomic E-state index is 0.468. The van der Waals surface area contributed by atoms with Gasteiger partial charge in [0.05, 0.1) is 10.0 Å². The quantitative estimate of drug-likeness (QED) is 0.674. The fourth-order valence-corrected chi connectivity index (χ4v) is 2.73. The normalized spacial score (nSPS) is 10.7. The summed E-state index contributed by atoms with van der Waals surface area (Å²) in [7, 11) is 0. The Kier molecular flexibility index (Phi) is 5.58. The second-order valence-electron chi connectivity index (χ2n) is 4.09. The van der Waals surface area contributed by atoms with Gasteiger partial charge in [-0.3, -0.25) is 0 Å². The van der Waals surface area contributed by atoms with E-state index in [-0.39, 0.29) is 0 Å². The first kappa shape index (κ1) is 15.9. The molecule has 0 heterocycles. The third-order valence-electron chi connectivity index (χ3n) is 2.63. The summed E-state index contributed by atoms with van der Waals surface area (Å²) in [4.78, 5) is 0. The van der Waals surface area contributed by atoms with Gasteiger partial charge < -0.3 is 10.5 Å². The highest BCUT2D eigenvalue weighted by Crippen LogP contribution is 2.37. The van der Waals surface area contributed by atoms with Gasteiger partial charge in [-0.15, -0.1) is 0 Å². The molecule has 0 unspecified atom stereocenters. The lowest BCUT2D eigenvalue weighted by molar-refractivity contribution is 0.476. The maximum Gasteiger partial charge on any atom is 0.147 e. The topological polar surface area (TPSA) is 35.2 Å². The molecule has 0 radical (unpaired) electrons. The predicted molar refractivity (Wildman–Crippen MR) is 88.4 cm³/mol. The van der Waals surface area contributed by atoms with E-state index in [2.05, 4.69) is 15.9 Å². The number of rotatable bonds is 4. The van der Waals surface area contributed by atoms with Crippen LogP contribution in [0.2, 0.25) is 15.1 Å². The SMILES string of the molecule is NCCc1cc(Cl)ccc1Oc1cc(Cl)c(Br)cc1Cl. The van der Waals surface area contributed by atoms with E-state index in [1.54, 1.807) is 24.3 Å². The lowest BCUT2D eigenvalue weighted by Gasteiger charge is -2.13. The molecular weight excluding hydrogens is 384 g/mol. The van der Waals surface area contributed by atoms with Crippen molar-refractivity contribution in [2.45, 2.75) is 6.42 Å². The van der Waals surface area contributed by atoms with E-state index in [0.717, 1.165) is 10.0 Å². The van der Waals surface area contributed by atoms with Crippen LogP contribution in [0.5, 0.6) is 11.5 Å². The van der Waals surface area contributed by atoms with E-state index in [1.807, 2.05) is 6.07 Å². The molecule has 0 fully saturated rings. The summed E-state index contributed by atoms with van der Waals surface area (Å²) in [5.74, 6) is 1.15. The van der Waals surface area contributed by atoms with Crippen molar-refractivity contribution in [3.05, 3.63) is 55.4 Å². The van der Waals surface area contributed by atoms with E-state index in [4.69, 9.17) is 45.3 Å². The molecule has 0 bridgehead atoms. The predicted octanol–water partition coefficient (Wildman–Crippen LogP) is 5.70. The largest absolute Gasteiger partial charge is 0.455 e. The van der Waals surface area contributed by atoms with Gasteiger partial charge in [0.2, 0.25) is 0 Å². The summed E-state index contributed by atoms with van der Waals surface area (Å²) in [5.41, 5.74) is 6.52. The molecule has 0 aliphatic heterocycles. The molecule has 0 saturated carbocycles. The van der Waals surface area contributed by atoms with E-state index in [9.17, 15) is 0 Å². The van der Waals surface area contributed by atoms with Crippen molar-refractivity contribution >= 4 is 50.7 Å². The Labute approximate surface area is 140 Å². The smallest absolute Gasteiger partial charge is 0.147 e. The summed E-state index contributed by atoms with van der Waals surface area (Å²) >= 11 is 21.5. The van der Waals surface area contributed by atoms with Crippen LogP contribution in [-0.4, -0.2) is 6.54 Å². The molecule has 20 heavy (non-hydrogen) atoms. The highest BCUT2D eigenvalue weighted by atomic mass is 79.9. The average molecular weight is 396 g/mol. The molecule has 0 aliphatic carbocycles. The zero-order chi connectivity index (χ0) is 14.7. The summed E-state index contributed by atoms with van der Waals surface area (Å²) in [5, 5.41) is 1.63. The maximum absolute atomic E-state index is 6.15. The van der Waals surface area contributed by atoms with Crippen LogP contribution in [0.4, 0.5) is 0 Å². The average Bonchev–Trinajstić information content (AvgIpc) is 2.39. The van der Waals surface area contributed by atoms with Gasteiger partial charge in [0, 0.05) is 15.6 Å². The van der Waals surface area contributed by atoms with Crippen molar-refractivity contribution in [1.82, 2.24) is 0 Å². The van der Waals surface area contributed by atoms with Crippen LogP contribution in [0.3, 0.4) is 0 Å². The van der Waals surface area contributed by atoms with Gasteiger partial charge >= 0.3 is 0 Å². The molecule has 2 nitrogen and oxygen atoms in total. The van der Waals surface area contributed by atoms with Crippen LogP contribution in [0.15, 0.2) is 34.8 Å². The molecule has 0 aliphatic rings. The number of nitrogens with two attached hydrogens (primary N) is 1. The number of ether oxygens (including phenoxy) is 1. The van der Waals surface area contributed by atoms with Crippen molar-refractivity contribution in [3.63, 3.8) is 0 Å². The zero-order valence-electron chi connectivity index (χ0n) is 10.3. The second kappa shape index (κ2) is 7.01. The standard InChI is InChI=1S/C14H11BrCl3NO/c15-10-6-12(18)14(7-11(10)17)20-13-2-1-9(16)5-8(13)3-4-19/h1-2,5-7H,3-4,19H2. The van der Waals surface area contributed by atoms with Gasteiger partial charge in [0.15, 0.2) is 0 Å². The molecule has 2 rings (SSSR count). The summed E-state index contributed by atoms with van der Waals surface area (Å²) in [6.07, 6.45) is 0.664. The number of hydrogen-bond acceptors (Lipinski definition) is 2. The van der Waals surface area contributed by atoms with Gasteiger partial charge in [-0.25, -0.2) is 0 Å². The molecule has 2 aromatic carbocycles. The van der Waals surface area contributed by atoms with E-state index in [0.29, 0.717) is 39.5 Å². The Balaban J connectivity index is 2.37. The molecule has 0 aromatic heterocycles. The van der Waals surface area contributed by atoms with Crippen LogP contribution in [-0.2, 0) is 6.42 Å². The molecule has 2 aromatic rings. The highest BCUT2D eigenvalue weighted by molar-refractivity contribution is 9.10. The van der Waals surface area contributed by atoms with E-state index >= 15 is 0 Å². The number of benzene rings is 2. The van der Waals surface area contributed by atoms with E-state index < -0.39 is 0 Å². The highest BCUT2D eigenvalue weighted by Gasteiger charge is 2.11. The molecule has 0 atom stereocenters. The Morgan fingerprint density at radius 1 is 1.00 bits per heavy atom. The third-order valence-corrected chi connectivity index (χ3v) is 4.36. The third kappa shape index (κ3) is 3.80. The first-order chi connectivity index (χ1) is 9.51. The van der Waals surface area contributed by atoms with E-state index in [1.165, 1.54) is 0 Å². The molecule has 0 amide bonds. The Bertz CT molecular complexity index is 634. The number of hydrogen-bond donors (Lipinski definition) is 1. The van der Waals surface area contributed by atoms with Crippen LogP contribution in [0, 0.1) is 0 Å². The van der Waals surface area contributed by atoms with Crippen LogP contribution < -0.4 is 10.5 Å². The number of halogens is 4. The van der Waals surface area contributed by atoms with Crippen LogP contribution in [0.1, 0.15) is 5.56 Å². The minimum atomic E-state index is 0.468. The van der Waals surface area contributed by atoms with Gasteiger partial charge in [0.25, 0.3) is 0 Å². The van der Waals surface area contributed by atoms with Crippen molar-refractivity contribution in [2.75, 3.05) is 6.54 Å². The molecular formula is C14H11BrCl3NO. The minimum Gasteiger partial charge on any atom is -0.455 e. The van der Waals surface area contributed by atoms with Gasteiger partial charge in [0.1, 0.15) is 11.5 Å². The maximum atomic E-state index is 6.15. The summed E-state index contributed by atoms with van der Waals surface area (Å²) in [6.45, 7) is 0.505. The Morgan fingerprint density at radius 2 is 1.75 bits per heavy atom. The zero-order valence-corrected chi connectivity index (χ0v) is 14.2. The van der Waals surface area contributed by atoms with Crippen LogP contribution in [0.25, 0.3) is 0 Å². The molecule has 0 spiro atoms. The fourth-order valence-electron chi connectivity index (χ4n) is 1.70. The van der Waals surface area contributed by atoms with Crippen molar-refractivity contribution in [1.29, 1.82) is 0 Å². The van der Waals surface area contributed by atoms with Gasteiger partial charge in [-0.05, 0) is 58.7 Å². The second-order valence-corrected chi connectivity index (χ2v) is 6.19. The van der Waals surface area contributed by atoms with Gasteiger partial charge in [-0.2, -0.15) is 0 Å². The van der Waals surface area contributed by atoms with Crippen LogP contribution >= 0.6 is 50.7 Å². The Hall–Kier alpha value is -0.450. The molecule has 0 saturated heterocycles. The van der Waals surface area contributed by atoms with Crippen molar-refractivity contribution in [2.24, 2.45) is 5.73 Å². The monoisotopic (exact) mass is 393 g/mol. The first-order valence-corrected chi connectivity index (χ1v) is 7.75. The molecule has 106 valence electrons. The van der Waals surface area contributed by atoms with Crippen molar-refractivity contribution in [3.8, 4) is 11.5 Å².